The van der Waals surface area contributed by atoms with Crippen molar-refractivity contribution in [2.24, 2.45) is 0 Å². The molecule has 0 atom stereocenters. The molecule has 0 aromatic carbocycles. The lowest BCUT2D eigenvalue weighted by Gasteiger charge is -2.11. The van der Waals surface area contributed by atoms with Crippen molar-refractivity contribution < 1.29 is 9.59 Å². The summed E-state index contributed by atoms with van der Waals surface area (Å²) in [6, 6.07) is 3.41. The fourth-order valence-electron chi connectivity index (χ4n) is 1.76. The SMILES string of the molecule is Cc1ccc(N2C(=O)c3nccnc3C2=O)nc1. The summed E-state index contributed by atoms with van der Waals surface area (Å²) in [4.78, 5) is 36.9. The number of carbonyl (C=O) groups is 2. The average molecular weight is 240 g/mol. The first-order valence-corrected chi connectivity index (χ1v) is 5.31. The van der Waals surface area contributed by atoms with E-state index in [1.54, 1.807) is 18.3 Å². The minimum atomic E-state index is -0.487. The number of amides is 2. The lowest BCUT2D eigenvalue weighted by Crippen LogP contribution is -2.30. The Labute approximate surface area is 102 Å². The average Bonchev–Trinajstić information content (AvgIpc) is 2.64. The van der Waals surface area contributed by atoms with E-state index in [2.05, 4.69) is 15.0 Å². The van der Waals surface area contributed by atoms with Crippen molar-refractivity contribution in [2.75, 3.05) is 4.90 Å². The number of aromatic nitrogens is 3. The molecule has 2 aromatic heterocycles. The molecule has 18 heavy (non-hydrogen) atoms. The number of hydrogen-bond donors (Lipinski definition) is 0. The molecule has 3 rings (SSSR count). The Balaban J connectivity index is 2.09. The second-order valence-corrected chi connectivity index (χ2v) is 3.89. The van der Waals surface area contributed by atoms with E-state index in [1.807, 2.05) is 6.92 Å². The minimum absolute atomic E-state index is 0.0740. The molecule has 3 heterocycles. The van der Waals surface area contributed by atoms with Gasteiger partial charge in [-0.15, -0.1) is 0 Å². The number of fused-ring (bicyclic) bond motifs is 1. The molecule has 0 N–H and O–H groups in total. The third-order valence-corrected chi connectivity index (χ3v) is 2.63. The molecular weight excluding hydrogens is 232 g/mol. The molecule has 88 valence electrons. The Hall–Kier alpha value is -2.63. The molecule has 6 nitrogen and oxygen atoms in total. The zero-order valence-electron chi connectivity index (χ0n) is 9.49. The van der Waals surface area contributed by atoms with E-state index in [-0.39, 0.29) is 17.2 Å². The number of imide groups is 1. The molecule has 0 fully saturated rings. The minimum Gasteiger partial charge on any atom is -0.266 e. The van der Waals surface area contributed by atoms with Crippen molar-refractivity contribution >= 4 is 17.6 Å². The Kier molecular flexibility index (Phi) is 2.16. The highest BCUT2D eigenvalue weighted by molar-refractivity contribution is 6.32. The zero-order valence-corrected chi connectivity index (χ0v) is 9.49. The Morgan fingerprint density at radius 3 is 2.06 bits per heavy atom. The third kappa shape index (κ3) is 1.39. The van der Waals surface area contributed by atoms with Crippen molar-refractivity contribution in [3.05, 3.63) is 47.7 Å². The molecule has 2 amide bonds. The standard InChI is InChI=1S/C12H8N4O2/c1-7-2-3-8(15-6-7)16-11(17)9-10(12(16)18)14-5-4-13-9/h2-6H,1H3. The van der Waals surface area contributed by atoms with Crippen molar-refractivity contribution in [1.29, 1.82) is 0 Å². The first-order valence-electron chi connectivity index (χ1n) is 5.31. The largest absolute Gasteiger partial charge is 0.287 e. The number of rotatable bonds is 1. The molecule has 6 heteroatoms. The van der Waals surface area contributed by atoms with Gasteiger partial charge in [0.2, 0.25) is 0 Å². The van der Waals surface area contributed by atoms with Crippen LogP contribution >= 0.6 is 0 Å². The van der Waals surface area contributed by atoms with Crippen molar-refractivity contribution in [2.45, 2.75) is 6.92 Å². The summed E-state index contributed by atoms with van der Waals surface area (Å²) in [5.41, 5.74) is 1.10. The summed E-state index contributed by atoms with van der Waals surface area (Å²) in [5, 5.41) is 0. The molecule has 2 aromatic rings. The third-order valence-electron chi connectivity index (χ3n) is 2.63. The molecule has 0 bridgehead atoms. The first kappa shape index (κ1) is 10.5. The number of aryl methyl sites for hydroxylation is 1. The Morgan fingerprint density at radius 1 is 0.944 bits per heavy atom. The summed E-state index contributed by atoms with van der Waals surface area (Å²) >= 11 is 0. The normalized spacial score (nSPS) is 13.9. The van der Waals surface area contributed by atoms with E-state index >= 15 is 0 Å². The Bertz CT molecular complexity index is 616. The number of hydrogen-bond acceptors (Lipinski definition) is 5. The topological polar surface area (TPSA) is 76.1 Å². The second-order valence-electron chi connectivity index (χ2n) is 3.89. The highest BCUT2D eigenvalue weighted by Gasteiger charge is 2.39. The number of pyridine rings is 1. The van der Waals surface area contributed by atoms with Gasteiger partial charge in [0.05, 0.1) is 0 Å². The quantitative estimate of drug-likeness (QED) is 0.694. The van der Waals surface area contributed by atoms with E-state index in [1.165, 1.54) is 12.4 Å². The van der Waals surface area contributed by atoms with Crippen LogP contribution in [0.25, 0.3) is 0 Å². The molecule has 0 saturated heterocycles. The van der Waals surface area contributed by atoms with Gasteiger partial charge in [-0.3, -0.25) is 9.59 Å². The summed E-state index contributed by atoms with van der Waals surface area (Å²) in [5.74, 6) is -0.686. The van der Waals surface area contributed by atoms with Crippen LogP contribution in [-0.2, 0) is 0 Å². The van der Waals surface area contributed by atoms with Crippen LogP contribution in [0.5, 0.6) is 0 Å². The Morgan fingerprint density at radius 2 is 1.56 bits per heavy atom. The molecule has 0 saturated carbocycles. The molecule has 0 spiro atoms. The molecular formula is C12H8N4O2. The van der Waals surface area contributed by atoms with Crippen LogP contribution in [0.4, 0.5) is 5.82 Å². The van der Waals surface area contributed by atoms with Gasteiger partial charge in [-0.25, -0.2) is 19.9 Å². The van der Waals surface area contributed by atoms with E-state index in [0.29, 0.717) is 0 Å². The summed E-state index contributed by atoms with van der Waals surface area (Å²) < 4.78 is 0. The zero-order chi connectivity index (χ0) is 12.7. The van der Waals surface area contributed by atoms with Crippen LogP contribution in [0.2, 0.25) is 0 Å². The van der Waals surface area contributed by atoms with Crippen LogP contribution in [0.3, 0.4) is 0 Å². The summed E-state index contributed by atoms with van der Waals surface area (Å²) in [6.07, 6.45) is 4.37. The van der Waals surface area contributed by atoms with Gasteiger partial charge in [-0.05, 0) is 18.6 Å². The van der Waals surface area contributed by atoms with Crippen molar-refractivity contribution in [3.63, 3.8) is 0 Å². The molecule has 0 radical (unpaired) electrons. The van der Waals surface area contributed by atoms with Crippen molar-refractivity contribution in [1.82, 2.24) is 15.0 Å². The maximum Gasteiger partial charge on any atom is 0.287 e. The van der Waals surface area contributed by atoms with Gasteiger partial charge in [0.1, 0.15) is 5.82 Å². The molecule has 1 aliphatic rings. The molecule has 0 aliphatic carbocycles. The van der Waals surface area contributed by atoms with Gasteiger partial charge in [0.15, 0.2) is 11.4 Å². The fraction of sp³-hybridized carbons (Fsp3) is 0.0833. The van der Waals surface area contributed by atoms with Crippen molar-refractivity contribution in [3.8, 4) is 0 Å². The highest BCUT2D eigenvalue weighted by atomic mass is 16.2. The van der Waals surface area contributed by atoms with Gasteiger partial charge in [-0.2, -0.15) is 0 Å². The number of anilines is 1. The van der Waals surface area contributed by atoms with Crippen LogP contribution in [-0.4, -0.2) is 26.8 Å². The number of nitrogens with zero attached hydrogens (tertiary/aromatic N) is 4. The van der Waals surface area contributed by atoms with Crippen LogP contribution in [0, 0.1) is 6.92 Å². The maximum atomic E-state index is 12.1. The van der Waals surface area contributed by atoms with E-state index in [9.17, 15) is 9.59 Å². The second kappa shape index (κ2) is 3.69. The highest BCUT2D eigenvalue weighted by Crippen LogP contribution is 2.23. The summed E-state index contributed by atoms with van der Waals surface area (Å²) in [6.45, 7) is 1.88. The smallest absolute Gasteiger partial charge is 0.266 e. The van der Waals surface area contributed by atoms with Crippen LogP contribution in [0.1, 0.15) is 26.5 Å². The van der Waals surface area contributed by atoms with Gasteiger partial charge in [0.25, 0.3) is 11.8 Å². The van der Waals surface area contributed by atoms with Crippen LogP contribution < -0.4 is 4.90 Å². The summed E-state index contributed by atoms with van der Waals surface area (Å²) in [7, 11) is 0. The van der Waals surface area contributed by atoms with E-state index in [4.69, 9.17) is 0 Å². The lowest BCUT2D eigenvalue weighted by molar-refractivity contribution is 0.0922. The lowest BCUT2D eigenvalue weighted by atomic mass is 10.3. The van der Waals surface area contributed by atoms with Gasteiger partial charge >= 0.3 is 0 Å². The predicted octanol–water partition coefficient (Wildman–Crippen LogP) is 0.981. The van der Waals surface area contributed by atoms with Gasteiger partial charge in [-0.1, -0.05) is 6.07 Å². The van der Waals surface area contributed by atoms with Gasteiger partial charge in [0, 0.05) is 18.6 Å². The fourth-order valence-corrected chi connectivity index (χ4v) is 1.76. The van der Waals surface area contributed by atoms with Crippen LogP contribution in [0.15, 0.2) is 30.7 Å². The molecule has 0 unspecified atom stereocenters. The van der Waals surface area contributed by atoms with E-state index in [0.717, 1.165) is 10.5 Å². The van der Waals surface area contributed by atoms with Gasteiger partial charge < -0.3 is 0 Å². The molecule has 1 aliphatic heterocycles. The van der Waals surface area contributed by atoms with E-state index < -0.39 is 11.8 Å². The monoisotopic (exact) mass is 240 g/mol. The first-order chi connectivity index (χ1) is 8.68. The predicted molar refractivity (Wildman–Crippen MR) is 62.1 cm³/mol. The number of carbonyl (C=O) groups excluding carboxylic acids is 2. The maximum absolute atomic E-state index is 12.1.